The highest BCUT2D eigenvalue weighted by atomic mass is 35.5. The number of halogens is 1. The molecule has 0 amide bonds. The fourth-order valence-corrected chi connectivity index (χ4v) is 1.50. The molecule has 1 aromatic rings. The van der Waals surface area contributed by atoms with Crippen LogP contribution in [-0.2, 0) is 6.42 Å². The largest absolute Gasteiger partial charge is 0.0888 e. The molecule has 0 heterocycles. The first-order valence-electron chi connectivity index (χ1n) is 3.30. The molecule has 0 radical (unpaired) electrons. The predicted molar refractivity (Wildman–Crippen MR) is 44.0 cm³/mol. The first-order chi connectivity index (χ1) is 4.86. The summed E-state index contributed by atoms with van der Waals surface area (Å²) < 4.78 is 0. The Morgan fingerprint density at radius 2 is 2.00 bits per heavy atom. The molecule has 1 aromatic carbocycles. The molecule has 50 valence electrons. The van der Waals surface area contributed by atoms with Crippen LogP contribution in [-0.4, -0.2) is 0 Å². The Bertz CT molecular complexity index is 287. The smallest absolute Gasteiger partial charge is 0.0231 e. The van der Waals surface area contributed by atoms with Gasteiger partial charge in [0, 0.05) is 11.5 Å². The number of fused-ring (bicyclic) bond motifs is 1. The van der Waals surface area contributed by atoms with Gasteiger partial charge in [-0.05, 0) is 17.2 Å². The van der Waals surface area contributed by atoms with Gasteiger partial charge in [-0.15, -0.1) is 0 Å². The van der Waals surface area contributed by atoms with Crippen LogP contribution in [0, 0.1) is 0 Å². The Hall–Kier alpha value is -0.750. The molecule has 0 spiro atoms. The van der Waals surface area contributed by atoms with E-state index < -0.39 is 0 Å². The maximum absolute atomic E-state index is 5.84. The number of hydrogen-bond acceptors (Lipinski definition) is 0. The Morgan fingerprint density at radius 1 is 1.20 bits per heavy atom. The van der Waals surface area contributed by atoms with Gasteiger partial charge in [0.25, 0.3) is 0 Å². The molecule has 1 heteroatoms. The van der Waals surface area contributed by atoms with Gasteiger partial charge in [0.15, 0.2) is 0 Å². The molecule has 0 saturated heterocycles. The van der Waals surface area contributed by atoms with E-state index in [1.807, 2.05) is 18.2 Å². The standard InChI is InChI=1S/C9H7Cl/c10-9-5-7-3-1-2-4-8(7)6-9/h1-5H,6H2. The number of allylic oxidation sites excluding steroid dienone is 1. The second-order valence-corrected chi connectivity index (χ2v) is 2.95. The van der Waals surface area contributed by atoms with Gasteiger partial charge in [-0.25, -0.2) is 0 Å². The molecule has 10 heavy (non-hydrogen) atoms. The van der Waals surface area contributed by atoms with Gasteiger partial charge < -0.3 is 0 Å². The SMILES string of the molecule is ClC1=Cc2ccccc2C1. The van der Waals surface area contributed by atoms with Crippen molar-refractivity contribution < 1.29 is 0 Å². The second-order valence-electron chi connectivity index (χ2n) is 2.47. The highest BCUT2D eigenvalue weighted by molar-refractivity contribution is 6.32. The molecule has 1 aliphatic rings. The van der Waals surface area contributed by atoms with Gasteiger partial charge in [0.1, 0.15) is 0 Å². The van der Waals surface area contributed by atoms with Gasteiger partial charge in [-0.1, -0.05) is 35.9 Å². The zero-order chi connectivity index (χ0) is 6.97. The lowest BCUT2D eigenvalue weighted by Crippen LogP contribution is -1.78. The monoisotopic (exact) mass is 150 g/mol. The summed E-state index contributed by atoms with van der Waals surface area (Å²) in [6, 6.07) is 8.28. The second kappa shape index (κ2) is 2.14. The van der Waals surface area contributed by atoms with Gasteiger partial charge in [-0.3, -0.25) is 0 Å². The van der Waals surface area contributed by atoms with Crippen LogP contribution in [0.5, 0.6) is 0 Å². The lowest BCUT2D eigenvalue weighted by molar-refractivity contribution is 1.29. The molecule has 0 fully saturated rings. The Balaban J connectivity index is 2.54. The summed E-state index contributed by atoms with van der Waals surface area (Å²) in [6.45, 7) is 0. The maximum atomic E-state index is 5.84. The van der Waals surface area contributed by atoms with E-state index >= 15 is 0 Å². The van der Waals surface area contributed by atoms with E-state index in [0.717, 1.165) is 11.5 Å². The van der Waals surface area contributed by atoms with Gasteiger partial charge >= 0.3 is 0 Å². The number of hydrogen-bond donors (Lipinski definition) is 0. The Morgan fingerprint density at radius 3 is 2.80 bits per heavy atom. The van der Waals surface area contributed by atoms with Crippen LogP contribution in [0.25, 0.3) is 6.08 Å². The lowest BCUT2D eigenvalue weighted by Gasteiger charge is -1.93. The summed E-state index contributed by atoms with van der Waals surface area (Å²) >= 11 is 5.84. The van der Waals surface area contributed by atoms with Crippen LogP contribution in [0.15, 0.2) is 29.3 Å². The van der Waals surface area contributed by atoms with Crippen LogP contribution in [0.4, 0.5) is 0 Å². The Kier molecular flexibility index (Phi) is 1.28. The molecule has 0 nitrogen and oxygen atoms in total. The summed E-state index contributed by atoms with van der Waals surface area (Å²) in [4.78, 5) is 0. The Labute approximate surface area is 65.1 Å². The highest BCUT2D eigenvalue weighted by Crippen LogP contribution is 2.26. The maximum Gasteiger partial charge on any atom is 0.0231 e. The number of rotatable bonds is 0. The zero-order valence-corrected chi connectivity index (χ0v) is 6.23. The van der Waals surface area contributed by atoms with E-state index in [1.165, 1.54) is 11.1 Å². The highest BCUT2D eigenvalue weighted by Gasteiger charge is 2.08. The fourth-order valence-electron chi connectivity index (χ4n) is 1.24. The predicted octanol–water partition coefficient (Wildman–Crippen LogP) is 2.82. The third kappa shape index (κ3) is 0.850. The average molecular weight is 151 g/mol. The third-order valence-corrected chi connectivity index (χ3v) is 1.97. The lowest BCUT2D eigenvalue weighted by atomic mass is 10.1. The third-order valence-electron chi connectivity index (χ3n) is 1.73. The molecular weight excluding hydrogens is 144 g/mol. The molecule has 0 aliphatic heterocycles. The molecule has 2 rings (SSSR count). The topological polar surface area (TPSA) is 0 Å². The van der Waals surface area contributed by atoms with E-state index in [0.29, 0.717) is 0 Å². The van der Waals surface area contributed by atoms with Crippen LogP contribution in [0.1, 0.15) is 11.1 Å². The van der Waals surface area contributed by atoms with Crippen LogP contribution in [0.3, 0.4) is 0 Å². The molecule has 0 saturated carbocycles. The van der Waals surface area contributed by atoms with Crippen molar-refractivity contribution in [2.45, 2.75) is 6.42 Å². The van der Waals surface area contributed by atoms with Crippen molar-refractivity contribution in [1.82, 2.24) is 0 Å². The van der Waals surface area contributed by atoms with Gasteiger partial charge in [0.05, 0.1) is 0 Å². The summed E-state index contributed by atoms with van der Waals surface area (Å²) in [5, 5.41) is 0.946. The summed E-state index contributed by atoms with van der Waals surface area (Å²) in [6.07, 6.45) is 2.94. The zero-order valence-electron chi connectivity index (χ0n) is 5.47. The summed E-state index contributed by atoms with van der Waals surface area (Å²) in [5.41, 5.74) is 2.61. The molecule has 0 unspecified atom stereocenters. The van der Waals surface area contributed by atoms with E-state index in [-0.39, 0.29) is 0 Å². The van der Waals surface area contributed by atoms with Crippen molar-refractivity contribution in [2.24, 2.45) is 0 Å². The van der Waals surface area contributed by atoms with Crippen LogP contribution >= 0.6 is 11.6 Å². The molecule has 0 N–H and O–H groups in total. The first kappa shape index (κ1) is 5.99. The van der Waals surface area contributed by atoms with Crippen molar-refractivity contribution in [3.63, 3.8) is 0 Å². The molecular formula is C9H7Cl. The molecule has 0 bridgehead atoms. The van der Waals surface area contributed by atoms with E-state index in [9.17, 15) is 0 Å². The van der Waals surface area contributed by atoms with Gasteiger partial charge in [-0.2, -0.15) is 0 Å². The van der Waals surface area contributed by atoms with Gasteiger partial charge in [0.2, 0.25) is 0 Å². The van der Waals surface area contributed by atoms with Crippen LogP contribution in [0.2, 0.25) is 0 Å². The van der Waals surface area contributed by atoms with E-state index in [4.69, 9.17) is 11.6 Å². The average Bonchev–Trinajstić information content (AvgIpc) is 2.27. The first-order valence-corrected chi connectivity index (χ1v) is 3.68. The minimum atomic E-state index is 0.914. The molecule has 1 aliphatic carbocycles. The van der Waals surface area contributed by atoms with Crippen LogP contribution < -0.4 is 0 Å². The van der Waals surface area contributed by atoms with Crippen molar-refractivity contribution in [3.8, 4) is 0 Å². The molecule has 0 aromatic heterocycles. The number of benzene rings is 1. The minimum absolute atomic E-state index is 0.914. The normalized spacial score (nSPS) is 14.7. The fraction of sp³-hybridized carbons (Fsp3) is 0.111. The summed E-state index contributed by atoms with van der Waals surface area (Å²) in [5.74, 6) is 0. The quantitative estimate of drug-likeness (QED) is 0.534. The molecule has 0 atom stereocenters. The van der Waals surface area contributed by atoms with Crippen molar-refractivity contribution in [1.29, 1.82) is 0 Å². The van der Waals surface area contributed by atoms with E-state index in [2.05, 4.69) is 12.1 Å². The van der Waals surface area contributed by atoms with Crippen molar-refractivity contribution in [3.05, 3.63) is 40.4 Å². The van der Waals surface area contributed by atoms with Crippen molar-refractivity contribution in [2.75, 3.05) is 0 Å². The minimum Gasteiger partial charge on any atom is -0.0888 e. The summed E-state index contributed by atoms with van der Waals surface area (Å²) in [7, 11) is 0. The van der Waals surface area contributed by atoms with Crippen molar-refractivity contribution >= 4 is 17.7 Å². The van der Waals surface area contributed by atoms with E-state index in [1.54, 1.807) is 0 Å².